The molecule has 1 saturated heterocycles. The smallest absolute Gasteiger partial charge is 0.393 e. The summed E-state index contributed by atoms with van der Waals surface area (Å²) >= 11 is 1.28. The van der Waals surface area contributed by atoms with Crippen LogP contribution in [0.1, 0.15) is 18.5 Å². The van der Waals surface area contributed by atoms with Crippen molar-refractivity contribution in [1.82, 2.24) is 9.97 Å². The lowest BCUT2D eigenvalue weighted by Gasteiger charge is -2.31. The molecule has 1 N–H and O–H groups in total. The number of fused-ring (bicyclic) bond motifs is 1. The number of hydrogen-bond donors (Lipinski definition) is 1. The fraction of sp³-hybridized carbons (Fsp3) is 0.500. The van der Waals surface area contributed by atoms with Gasteiger partial charge in [-0.05, 0) is 12.8 Å². The molecule has 108 valence electrons. The maximum atomic E-state index is 13.1. The minimum Gasteiger partial charge on any atom is -0.393 e. The number of nitrogens with zero attached hydrogens (tertiary/aromatic N) is 3. The molecule has 20 heavy (non-hydrogen) atoms. The van der Waals surface area contributed by atoms with Gasteiger partial charge in [0.1, 0.15) is 11.0 Å². The zero-order valence-corrected chi connectivity index (χ0v) is 11.2. The summed E-state index contributed by atoms with van der Waals surface area (Å²) in [5.41, 5.74) is -0.202. The van der Waals surface area contributed by atoms with Gasteiger partial charge in [-0.25, -0.2) is 9.97 Å². The number of aromatic nitrogens is 2. The molecule has 0 unspecified atom stereocenters. The Morgan fingerprint density at radius 3 is 2.35 bits per heavy atom. The van der Waals surface area contributed by atoms with Crippen LogP contribution in [0.15, 0.2) is 10.8 Å². The maximum Gasteiger partial charge on any atom is 0.437 e. The zero-order chi connectivity index (χ0) is 14.3. The Hall–Kier alpha value is -1.41. The zero-order valence-electron chi connectivity index (χ0n) is 10.4. The highest BCUT2D eigenvalue weighted by Crippen LogP contribution is 2.36. The normalized spacial score (nSPS) is 17.9. The molecule has 8 heteroatoms. The number of thiophene rings is 1. The van der Waals surface area contributed by atoms with Gasteiger partial charge >= 0.3 is 6.18 Å². The number of aliphatic hydroxyl groups excluding tert-OH is 1. The van der Waals surface area contributed by atoms with Crippen molar-refractivity contribution in [2.75, 3.05) is 18.0 Å². The molecule has 3 heterocycles. The van der Waals surface area contributed by atoms with Crippen LogP contribution in [0, 0.1) is 0 Å². The van der Waals surface area contributed by atoms with Gasteiger partial charge in [-0.2, -0.15) is 13.2 Å². The molecule has 0 aromatic carbocycles. The maximum absolute atomic E-state index is 13.1. The quantitative estimate of drug-likeness (QED) is 0.880. The molecule has 0 saturated carbocycles. The third kappa shape index (κ3) is 2.45. The Bertz CT molecular complexity index is 620. The van der Waals surface area contributed by atoms with Gasteiger partial charge in [-0.1, -0.05) is 0 Å². The predicted octanol–water partition coefficient (Wildman–Crippen LogP) is 2.67. The molecule has 0 atom stereocenters. The van der Waals surface area contributed by atoms with E-state index in [1.807, 2.05) is 0 Å². The minimum atomic E-state index is -4.53. The van der Waals surface area contributed by atoms with Gasteiger partial charge in [0.2, 0.25) is 0 Å². The summed E-state index contributed by atoms with van der Waals surface area (Å²) in [5, 5.41) is 12.7. The SMILES string of the molecule is OC1CCN(c2nc3cscc3nc2C(F)(F)F)CC1. The monoisotopic (exact) mass is 303 g/mol. The first kappa shape index (κ1) is 13.6. The van der Waals surface area contributed by atoms with E-state index in [0.29, 0.717) is 31.4 Å². The van der Waals surface area contributed by atoms with Crippen LogP contribution in [0.3, 0.4) is 0 Å². The fourth-order valence-electron chi connectivity index (χ4n) is 2.28. The van der Waals surface area contributed by atoms with Gasteiger partial charge in [-0.3, -0.25) is 0 Å². The van der Waals surface area contributed by atoms with Crippen LogP contribution in [-0.2, 0) is 6.18 Å². The topological polar surface area (TPSA) is 49.2 Å². The van der Waals surface area contributed by atoms with Gasteiger partial charge in [-0.15, -0.1) is 11.3 Å². The summed E-state index contributed by atoms with van der Waals surface area (Å²) in [5.74, 6) is -0.129. The number of anilines is 1. The molecule has 1 fully saturated rings. The van der Waals surface area contributed by atoms with Crippen molar-refractivity contribution < 1.29 is 18.3 Å². The number of aliphatic hydroxyl groups is 1. The third-order valence-corrected chi connectivity index (χ3v) is 4.04. The van der Waals surface area contributed by atoms with Crippen LogP contribution in [0.4, 0.5) is 19.0 Å². The van der Waals surface area contributed by atoms with E-state index < -0.39 is 18.0 Å². The number of piperidine rings is 1. The van der Waals surface area contributed by atoms with Crippen LogP contribution < -0.4 is 4.90 Å². The van der Waals surface area contributed by atoms with Crippen LogP contribution in [0.2, 0.25) is 0 Å². The molecular formula is C12H12F3N3OS. The first-order chi connectivity index (χ1) is 9.45. The van der Waals surface area contributed by atoms with E-state index in [9.17, 15) is 18.3 Å². The highest BCUT2D eigenvalue weighted by Gasteiger charge is 2.39. The molecule has 2 aromatic rings. The summed E-state index contributed by atoms with van der Waals surface area (Å²) in [6.45, 7) is 0.711. The average Bonchev–Trinajstić information content (AvgIpc) is 2.84. The summed E-state index contributed by atoms with van der Waals surface area (Å²) in [6.07, 6.45) is -4.09. The molecule has 4 nitrogen and oxygen atoms in total. The van der Waals surface area contributed by atoms with Crippen molar-refractivity contribution in [3.63, 3.8) is 0 Å². The first-order valence-electron chi connectivity index (χ1n) is 6.19. The third-order valence-electron chi connectivity index (χ3n) is 3.32. The molecule has 0 aliphatic carbocycles. The molecule has 0 radical (unpaired) electrons. The second kappa shape index (κ2) is 4.85. The van der Waals surface area contributed by atoms with Crippen LogP contribution in [0.5, 0.6) is 0 Å². The number of alkyl halides is 3. The van der Waals surface area contributed by atoms with E-state index in [0.717, 1.165) is 0 Å². The Balaban J connectivity index is 2.07. The van der Waals surface area contributed by atoms with Crippen molar-refractivity contribution in [1.29, 1.82) is 0 Å². The van der Waals surface area contributed by atoms with Crippen molar-refractivity contribution in [2.24, 2.45) is 0 Å². The lowest BCUT2D eigenvalue weighted by molar-refractivity contribution is -0.140. The lowest BCUT2D eigenvalue weighted by atomic mass is 10.1. The second-order valence-electron chi connectivity index (χ2n) is 4.75. The molecule has 0 amide bonds. The van der Waals surface area contributed by atoms with E-state index in [1.54, 1.807) is 15.7 Å². The molecule has 0 bridgehead atoms. The van der Waals surface area contributed by atoms with Crippen molar-refractivity contribution >= 4 is 28.2 Å². The number of rotatable bonds is 1. The largest absolute Gasteiger partial charge is 0.437 e. The average molecular weight is 303 g/mol. The van der Waals surface area contributed by atoms with Gasteiger partial charge < -0.3 is 10.0 Å². The minimum absolute atomic E-state index is 0.129. The van der Waals surface area contributed by atoms with Crippen LogP contribution in [0.25, 0.3) is 11.0 Å². The first-order valence-corrected chi connectivity index (χ1v) is 7.13. The van der Waals surface area contributed by atoms with Crippen LogP contribution >= 0.6 is 11.3 Å². The molecule has 0 spiro atoms. The van der Waals surface area contributed by atoms with Gasteiger partial charge in [0.05, 0.1) is 6.10 Å². The van der Waals surface area contributed by atoms with Gasteiger partial charge in [0.15, 0.2) is 11.5 Å². The second-order valence-corrected chi connectivity index (χ2v) is 5.50. The Kier molecular flexibility index (Phi) is 3.29. The molecule has 3 rings (SSSR count). The van der Waals surface area contributed by atoms with E-state index in [-0.39, 0.29) is 11.3 Å². The van der Waals surface area contributed by atoms with E-state index in [1.165, 1.54) is 11.3 Å². The summed E-state index contributed by atoms with van der Waals surface area (Å²) in [6, 6.07) is 0. The fourth-order valence-corrected chi connectivity index (χ4v) is 2.95. The molecule has 1 aliphatic heterocycles. The highest BCUT2D eigenvalue weighted by molar-refractivity contribution is 7.09. The predicted molar refractivity (Wildman–Crippen MR) is 69.9 cm³/mol. The van der Waals surface area contributed by atoms with Crippen LogP contribution in [-0.4, -0.2) is 34.3 Å². The Morgan fingerprint density at radius 1 is 1.15 bits per heavy atom. The Labute approximate surface area is 116 Å². The van der Waals surface area contributed by atoms with E-state index in [4.69, 9.17) is 0 Å². The Morgan fingerprint density at radius 2 is 1.75 bits per heavy atom. The molecule has 1 aliphatic rings. The van der Waals surface area contributed by atoms with Gasteiger partial charge in [0.25, 0.3) is 0 Å². The molecule has 2 aromatic heterocycles. The van der Waals surface area contributed by atoms with E-state index in [2.05, 4.69) is 9.97 Å². The molecular weight excluding hydrogens is 291 g/mol. The summed E-state index contributed by atoms with van der Waals surface area (Å²) < 4.78 is 39.4. The highest BCUT2D eigenvalue weighted by atomic mass is 32.1. The van der Waals surface area contributed by atoms with Crippen molar-refractivity contribution in [2.45, 2.75) is 25.1 Å². The number of hydrogen-bond acceptors (Lipinski definition) is 5. The van der Waals surface area contributed by atoms with Crippen molar-refractivity contribution in [3.8, 4) is 0 Å². The summed E-state index contributed by atoms with van der Waals surface area (Å²) in [7, 11) is 0. The lowest BCUT2D eigenvalue weighted by Crippen LogP contribution is -2.37. The van der Waals surface area contributed by atoms with E-state index >= 15 is 0 Å². The summed E-state index contributed by atoms with van der Waals surface area (Å²) in [4.78, 5) is 9.40. The van der Waals surface area contributed by atoms with Crippen molar-refractivity contribution in [3.05, 3.63) is 16.5 Å². The number of halogens is 3. The van der Waals surface area contributed by atoms with Gasteiger partial charge in [0, 0.05) is 23.8 Å². The standard InChI is InChI=1S/C12H12F3N3OS/c13-12(14,15)10-11(18-3-1-7(19)2-4-18)17-9-6-20-5-8(9)16-10/h5-7,19H,1-4H2.